The second kappa shape index (κ2) is 15.8. The van der Waals surface area contributed by atoms with Crippen molar-refractivity contribution in [2.24, 2.45) is 0 Å². The van der Waals surface area contributed by atoms with E-state index in [0.29, 0.717) is 67.6 Å². The van der Waals surface area contributed by atoms with Gasteiger partial charge in [0.05, 0.1) is 50.4 Å². The van der Waals surface area contributed by atoms with Gasteiger partial charge in [0.15, 0.2) is 11.6 Å². The largest absolute Gasteiger partial charge is 0.497 e. The number of anilines is 3. The van der Waals surface area contributed by atoms with Gasteiger partial charge < -0.3 is 34.4 Å². The van der Waals surface area contributed by atoms with E-state index in [2.05, 4.69) is 20.3 Å². The number of halogens is 1. The van der Waals surface area contributed by atoms with Crippen LogP contribution in [0.5, 0.6) is 17.4 Å². The third-order valence-corrected chi connectivity index (χ3v) is 8.47. The summed E-state index contributed by atoms with van der Waals surface area (Å²) < 4.78 is 30.3. The summed E-state index contributed by atoms with van der Waals surface area (Å²) in [5, 5.41) is 13.1. The van der Waals surface area contributed by atoms with E-state index in [1.165, 1.54) is 25.6 Å². The molecule has 0 atom stereocenters. The Balaban J connectivity index is 1.42. The Labute approximate surface area is 295 Å². The maximum Gasteiger partial charge on any atom is 0.255 e. The van der Waals surface area contributed by atoms with Gasteiger partial charge in [0.25, 0.3) is 5.91 Å². The summed E-state index contributed by atoms with van der Waals surface area (Å²) in [6.07, 6.45) is 3.44. The fraction of sp³-hybridized carbons (Fsp3) is 0.297. The second-order valence-electron chi connectivity index (χ2n) is 12.0. The van der Waals surface area contributed by atoms with Gasteiger partial charge >= 0.3 is 0 Å². The molecule has 5 aromatic rings. The predicted molar refractivity (Wildman–Crippen MR) is 189 cm³/mol. The second-order valence-corrected chi connectivity index (χ2v) is 12.0. The van der Waals surface area contributed by atoms with Crippen LogP contribution in [-0.4, -0.2) is 81.4 Å². The number of aliphatic hydroxyl groups is 1. The molecular weight excluding hydrogens is 655 g/mol. The molecule has 2 aromatic carbocycles. The third-order valence-electron chi connectivity index (χ3n) is 8.47. The summed E-state index contributed by atoms with van der Waals surface area (Å²) >= 11 is 0. The van der Waals surface area contributed by atoms with E-state index in [1.807, 2.05) is 53.4 Å². The molecule has 6 rings (SSSR count). The molecule has 264 valence electrons. The lowest BCUT2D eigenvalue weighted by molar-refractivity contribution is 0.0546. The van der Waals surface area contributed by atoms with Gasteiger partial charge in [-0.1, -0.05) is 24.3 Å². The van der Waals surface area contributed by atoms with E-state index in [4.69, 9.17) is 24.2 Å². The minimum absolute atomic E-state index is 0.145. The van der Waals surface area contributed by atoms with Gasteiger partial charge in [0, 0.05) is 38.4 Å². The van der Waals surface area contributed by atoms with Crippen molar-refractivity contribution in [1.29, 1.82) is 0 Å². The van der Waals surface area contributed by atoms with E-state index >= 15 is 0 Å². The number of carbonyl (C=O) groups excluding carboxylic acids is 1. The normalized spacial score (nSPS) is 13.1. The topological polar surface area (TPSA) is 148 Å². The quantitative estimate of drug-likeness (QED) is 0.174. The maximum atomic E-state index is 14.6. The number of aliphatic hydroxyl groups excluding tert-OH is 1. The summed E-state index contributed by atoms with van der Waals surface area (Å²) in [7, 11) is 4.59. The Morgan fingerprint density at radius 1 is 0.882 bits per heavy atom. The van der Waals surface area contributed by atoms with E-state index < -0.39 is 11.9 Å². The Kier molecular flexibility index (Phi) is 10.8. The number of pyridine rings is 2. The number of aryl methyl sites for hydroxylation is 1. The van der Waals surface area contributed by atoms with Crippen molar-refractivity contribution in [2.45, 2.75) is 39.0 Å². The maximum absolute atomic E-state index is 14.6. The van der Waals surface area contributed by atoms with E-state index in [-0.39, 0.29) is 23.4 Å². The van der Waals surface area contributed by atoms with Crippen molar-refractivity contribution in [3.63, 3.8) is 0 Å². The Hall–Kier alpha value is -5.89. The molecule has 3 aromatic heterocycles. The van der Waals surface area contributed by atoms with Gasteiger partial charge in [-0.2, -0.15) is 9.97 Å². The molecular formula is C37H39FN8O5. The lowest BCUT2D eigenvalue weighted by Crippen LogP contribution is -2.40. The number of ether oxygens (including phenoxy) is 3. The van der Waals surface area contributed by atoms with Crippen molar-refractivity contribution in [3.8, 4) is 28.8 Å². The fourth-order valence-electron chi connectivity index (χ4n) is 5.71. The molecule has 14 heteroatoms. The Bertz CT molecular complexity index is 1920. The minimum atomic E-state index is -0.658. The number of carbonyl (C=O) groups is 1. The monoisotopic (exact) mass is 694 g/mol. The van der Waals surface area contributed by atoms with Gasteiger partial charge in [-0.25, -0.2) is 19.3 Å². The number of hydrogen-bond acceptors (Lipinski definition) is 12. The molecule has 0 saturated carbocycles. The van der Waals surface area contributed by atoms with Crippen molar-refractivity contribution in [1.82, 2.24) is 29.8 Å². The average molecular weight is 695 g/mol. The molecule has 1 saturated heterocycles. The first kappa shape index (κ1) is 35.0. The van der Waals surface area contributed by atoms with Crippen LogP contribution in [0.1, 0.15) is 40.2 Å². The van der Waals surface area contributed by atoms with E-state index in [0.717, 1.165) is 22.6 Å². The Morgan fingerprint density at radius 3 is 2.08 bits per heavy atom. The van der Waals surface area contributed by atoms with Crippen LogP contribution >= 0.6 is 0 Å². The van der Waals surface area contributed by atoms with Crippen molar-refractivity contribution in [2.75, 3.05) is 44.6 Å². The van der Waals surface area contributed by atoms with Gasteiger partial charge in [-0.15, -0.1) is 0 Å². The number of aromatic nitrogens is 5. The van der Waals surface area contributed by atoms with Crippen LogP contribution in [0.25, 0.3) is 11.4 Å². The number of nitrogens with zero attached hydrogens (tertiary/aromatic N) is 7. The smallest absolute Gasteiger partial charge is 0.255 e. The first-order valence-corrected chi connectivity index (χ1v) is 16.4. The molecule has 0 radical (unpaired) electrons. The molecule has 0 spiro atoms. The van der Waals surface area contributed by atoms with Crippen LogP contribution in [-0.2, 0) is 13.1 Å². The number of nitrogens with one attached hydrogen (secondary N) is 1. The van der Waals surface area contributed by atoms with E-state index in [9.17, 15) is 14.3 Å². The molecule has 1 aliphatic heterocycles. The molecule has 4 heterocycles. The molecule has 1 amide bonds. The summed E-state index contributed by atoms with van der Waals surface area (Å²) in [6.45, 7) is 3.53. The van der Waals surface area contributed by atoms with Crippen LogP contribution in [0.3, 0.4) is 0 Å². The molecule has 0 unspecified atom stereocenters. The van der Waals surface area contributed by atoms with Gasteiger partial charge in [-0.05, 0) is 61.2 Å². The minimum Gasteiger partial charge on any atom is -0.497 e. The van der Waals surface area contributed by atoms with Crippen molar-refractivity contribution < 1.29 is 28.5 Å². The number of methoxy groups -OCH3 is 3. The SMILES string of the molecule is COc1ccc(CN(Cc2ccc(OC)cc2)c2nc(C)nc(-c3cc(C(=O)N4CCC(O)CC4)cnc3Nc3cnc(OC)c(F)c3)n2)cc1. The zero-order chi connectivity index (χ0) is 35.9. The highest BCUT2D eigenvalue weighted by atomic mass is 19.1. The molecule has 0 aliphatic carbocycles. The number of piperidine rings is 1. The summed E-state index contributed by atoms with van der Waals surface area (Å²) in [5.41, 5.74) is 3.02. The molecule has 1 fully saturated rings. The zero-order valence-electron chi connectivity index (χ0n) is 28.8. The number of hydrogen-bond donors (Lipinski definition) is 2. The Morgan fingerprint density at radius 2 is 1.51 bits per heavy atom. The number of amides is 1. The van der Waals surface area contributed by atoms with Crippen molar-refractivity contribution >= 4 is 23.4 Å². The first-order valence-electron chi connectivity index (χ1n) is 16.4. The van der Waals surface area contributed by atoms with Crippen molar-refractivity contribution in [3.05, 3.63) is 101 Å². The fourth-order valence-corrected chi connectivity index (χ4v) is 5.71. The highest BCUT2D eigenvalue weighted by Crippen LogP contribution is 2.31. The summed E-state index contributed by atoms with van der Waals surface area (Å²) in [5.74, 6) is 1.83. The molecule has 1 aliphatic rings. The lowest BCUT2D eigenvalue weighted by Gasteiger charge is -2.29. The molecule has 2 N–H and O–H groups in total. The van der Waals surface area contributed by atoms with Crippen LogP contribution in [0.15, 0.2) is 73.1 Å². The van der Waals surface area contributed by atoms with Gasteiger partial charge in [-0.3, -0.25) is 4.79 Å². The van der Waals surface area contributed by atoms with Gasteiger partial charge in [0.2, 0.25) is 11.8 Å². The zero-order valence-corrected chi connectivity index (χ0v) is 28.8. The number of rotatable bonds is 12. The molecule has 51 heavy (non-hydrogen) atoms. The highest BCUT2D eigenvalue weighted by molar-refractivity contribution is 5.96. The van der Waals surface area contributed by atoms with Gasteiger partial charge in [0.1, 0.15) is 23.1 Å². The van der Waals surface area contributed by atoms with Crippen LogP contribution in [0.2, 0.25) is 0 Å². The first-order chi connectivity index (χ1) is 24.7. The van der Waals surface area contributed by atoms with Crippen LogP contribution in [0.4, 0.5) is 21.8 Å². The summed E-state index contributed by atoms with van der Waals surface area (Å²) in [4.78, 5) is 40.4. The number of benzene rings is 2. The van der Waals surface area contributed by atoms with Crippen LogP contribution in [0, 0.1) is 12.7 Å². The highest BCUT2D eigenvalue weighted by Gasteiger charge is 2.25. The predicted octanol–water partition coefficient (Wildman–Crippen LogP) is 5.35. The third kappa shape index (κ3) is 8.47. The van der Waals surface area contributed by atoms with Crippen LogP contribution < -0.4 is 24.4 Å². The number of likely N-dealkylation sites (tertiary alicyclic amines) is 1. The molecule has 0 bridgehead atoms. The van der Waals surface area contributed by atoms with E-state index in [1.54, 1.807) is 32.1 Å². The molecule has 13 nitrogen and oxygen atoms in total. The summed E-state index contributed by atoms with van der Waals surface area (Å²) in [6, 6.07) is 18.4. The lowest BCUT2D eigenvalue weighted by atomic mass is 10.1. The average Bonchev–Trinajstić information content (AvgIpc) is 3.15. The standard InChI is InChI=1S/C37H39FN8O5/c1-23-41-34(44-37(42-23)46(21-24-5-9-29(49-2)10-6-24)22-25-7-11-30(50-3)12-8-25)31-17-26(36(48)45-15-13-28(47)14-16-45)19-39-33(31)43-27-18-32(38)35(51-4)40-20-27/h5-12,17-20,28,47H,13-16,21-22H2,1-4H3,(H,39,43).